The molecule has 0 atom stereocenters. The fourth-order valence-corrected chi connectivity index (χ4v) is 3.82. The number of nitrogens with one attached hydrogen (secondary N) is 2. The molecule has 0 radical (unpaired) electrons. The molecule has 0 saturated carbocycles. The number of halogens is 1. The Hall–Kier alpha value is -4.43. The van der Waals surface area contributed by atoms with Crippen molar-refractivity contribution >= 4 is 52.8 Å². The van der Waals surface area contributed by atoms with Gasteiger partial charge in [0.2, 0.25) is 0 Å². The summed E-state index contributed by atoms with van der Waals surface area (Å²) in [5.74, 6) is -1.65. The van der Waals surface area contributed by atoms with Gasteiger partial charge < -0.3 is 10.1 Å². The molecule has 3 aromatic rings. The van der Waals surface area contributed by atoms with Crippen LogP contribution in [0.4, 0.5) is 16.2 Å². The zero-order valence-electron chi connectivity index (χ0n) is 19.5. The Morgan fingerprint density at radius 2 is 1.78 bits per heavy atom. The average molecular weight is 504 g/mol. The Bertz CT molecular complexity index is 1400. The fourth-order valence-electron chi connectivity index (χ4n) is 3.58. The summed E-state index contributed by atoms with van der Waals surface area (Å²) in [7, 11) is 0. The topological polar surface area (TPSA) is 105 Å². The summed E-state index contributed by atoms with van der Waals surface area (Å²) >= 11 is 6.32. The van der Waals surface area contributed by atoms with E-state index in [0.717, 1.165) is 16.0 Å². The Morgan fingerprint density at radius 1 is 1.03 bits per heavy atom. The predicted molar refractivity (Wildman–Crippen MR) is 137 cm³/mol. The standard InChI is InChI=1S/C27H22ClN3O5/c1-16-7-6-10-22(17(16)2)29-24(32)15-36-23-12-11-18(14-21(23)28)13-20-25(33)30-27(35)31(26(20)34)19-8-4-3-5-9-19/h3-14H,15H2,1-2H3,(H,29,32)(H,30,33,35)/b20-13-. The zero-order valence-corrected chi connectivity index (χ0v) is 20.3. The number of urea groups is 1. The van der Waals surface area contributed by atoms with E-state index >= 15 is 0 Å². The molecule has 5 amide bonds. The number of aryl methyl sites for hydroxylation is 1. The molecule has 0 unspecified atom stereocenters. The summed E-state index contributed by atoms with van der Waals surface area (Å²) in [6.07, 6.45) is 1.34. The maximum Gasteiger partial charge on any atom is 0.335 e. The number of rotatable bonds is 6. The summed E-state index contributed by atoms with van der Waals surface area (Å²) < 4.78 is 5.55. The quantitative estimate of drug-likeness (QED) is 0.376. The van der Waals surface area contributed by atoms with Crippen molar-refractivity contribution in [2.75, 3.05) is 16.8 Å². The van der Waals surface area contributed by atoms with Gasteiger partial charge in [-0.2, -0.15) is 0 Å². The molecule has 4 rings (SSSR count). The molecule has 0 aromatic heterocycles. The molecular weight excluding hydrogens is 482 g/mol. The van der Waals surface area contributed by atoms with E-state index in [1.807, 2.05) is 32.0 Å². The second kappa shape index (κ2) is 10.5. The van der Waals surface area contributed by atoms with Crippen molar-refractivity contribution in [2.45, 2.75) is 13.8 Å². The van der Waals surface area contributed by atoms with Crippen LogP contribution in [0.3, 0.4) is 0 Å². The first-order valence-corrected chi connectivity index (χ1v) is 11.4. The number of hydrogen-bond acceptors (Lipinski definition) is 5. The third kappa shape index (κ3) is 5.29. The highest BCUT2D eigenvalue weighted by molar-refractivity contribution is 6.39. The molecule has 1 aliphatic heterocycles. The van der Waals surface area contributed by atoms with Crippen LogP contribution in [-0.4, -0.2) is 30.4 Å². The van der Waals surface area contributed by atoms with Gasteiger partial charge >= 0.3 is 6.03 Å². The van der Waals surface area contributed by atoms with Crippen molar-refractivity contribution < 1.29 is 23.9 Å². The van der Waals surface area contributed by atoms with Crippen LogP contribution in [-0.2, 0) is 14.4 Å². The average Bonchev–Trinajstić information content (AvgIpc) is 2.84. The smallest absolute Gasteiger partial charge is 0.335 e. The molecule has 3 aromatic carbocycles. The summed E-state index contributed by atoms with van der Waals surface area (Å²) in [4.78, 5) is 50.8. The molecule has 1 saturated heterocycles. The number of barbiturate groups is 1. The molecule has 2 N–H and O–H groups in total. The van der Waals surface area contributed by atoms with E-state index in [4.69, 9.17) is 16.3 Å². The van der Waals surface area contributed by atoms with Crippen molar-refractivity contribution in [3.8, 4) is 5.75 Å². The SMILES string of the molecule is Cc1cccc(NC(=O)COc2ccc(/C=C3/C(=O)NC(=O)N(c4ccccc4)C3=O)cc2Cl)c1C. The van der Waals surface area contributed by atoms with Crippen molar-refractivity contribution in [3.05, 3.63) is 94.0 Å². The number of ether oxygens (including phenoxy) is 1. The van der Waals surface area contributed by atoms with E-state index in [1.54, 1.807) is 36.4 Å². The van der Waals surface area contributed by atoms with Crippen LogP contribution in [0.2, 0.25) is 5.02 Å². The number of amides is 5. The van der Waals surface area contributed by atoms with E-state index < -0.39 is 17.8 Å². The number of hydrogen-bond donors (Lipinski definition) is 2. The van der Waals surface area contributed by atoms with E-state index in [9.17, 15) is 19.2 Å². The van der Waals surface area contributed by atoms with Crippen LogP contribution in [0.25, 0.3) is 6.08 Å². The van der Waals surface area contributed by atoms with Gasteiger partial charge in [-0.05, 0) is 66.9 Å². The number of nitrogens with zero attached hydrogens (tertiary/aromatic N) is 1. The number of benzene rings is 3. The molecule has 1 fully saturated rings. The molecule has 8 nitrogen and oxygen atoms in total. The lowest BCUT2D eigenvalue weighted by Crippen LogP contribution is -2.54. The van der Waals surface area contributed by atoms with E-state index in [-0.39, 0.29) is 28.9 Å². The number of imide groups is 2. The normalized spacial score (nSPS) is 14.6. The number of anilines is 2. The molecule has 36 heavy (non-hydrogen) atoms. The van der Waals surface area contributed by atoms with Gasteiger partial charge in [-0.25, -0.2) is 9.69 Å². The van der Waals surface area contributed by atoms with Crippen LogP contribution in [0.5, 0.6) is 5.75 Å². The monoisotopic (exact) mass is 503 g/mol. The predicted octanol–water partition coefficient (Wildman–Crippen LogP) is 4.64. The summed E-state index contributed by atoms with van der Waals surface area (Å²) in [6.45, 7) is 3.62. The molecule has 9 heteroatoms. The molecule has 182 valence electrons. The lowest BCUT2D eigenvalue weighted by atomic mass is 10.1. The van der Waals surface area contributed by atoms with Crippen LogP contribution < -0.4 is 20.3 Å². The first-order valence-electron chi connectivity index (χ1n) is 11.0. The fraction of sp³-hybridized carbons (Fsp3) is 0.111. The van der Waals surface area contributed by atoms with Gasteiger partial charge in [-0.1, -0.05) is 48.0 Å². The Morgan fingerprint density at radius 3 is 2.50 bits per heavy atom. The highest BCUT2D eigenvalue weighted by Gasteiger charge is 2.36. The van der Waals surface area contributed by atoms with Gasteiger partial charge in [0.1, 0.15) is 11.3 Å². The maximum absolute atomic E-state index is 12.9. The second-order valence-electron chi connectivity index (χ2n) is 8.07. The number of carbonyl (C=O) groups excluding carboxylic acids is 4. The van der Waals surface area contributed by atoms with Crippen LogP contribution in [0, 0.1) is 13.8 Å². The Labute approximate surface area is 212 Å². The highest BCUT2D eigenvalue weighted by Crippen LogP contribution is 2.28. The van der Waals surface area contributed by atoms with Gasteiger partial charge in [0.15, 0.2) is 6.61 Å². The minimum absolute atomic E-state index is 0.184. The molecule has 0 spiro atoms. The lowest BCUT2D eigenvalue weighted by Gasteiger charge is -2.26. The highest BCUT2D eigenvalue weighted by atomic mass is 35.5. The summed E-state index contributed by atoms with van der Waals surface area (Å²) in [5, 5.41) is 5.16. The van der Waals surface area contributed by atoms with Gasteiger partial charge in [-0.15, -0.1) is 0 Å². The Balaban J connectivity index is 1.47. The van der Waals surface area contributed by atoms with E-state index in [1.165, 1.54) is 18.2 Å². The molecule has 0 aliphatic carbocycles. The van der Waals surface area contributed by atoms with Crippen molar-refractivity contribution in [1.29, 1.82) is 0 Å². The zero-order chi connectivity index (χ0) is 25.8. The van der Waals surface area contributed by atoms with E-state index in [2.05, 4.69) is 10.6 Å². The second-order valence-corrected chi connectivity index (χ2v) is 8.47. The van der Waals surface area contributed by atoms with Crippen molar-refractivity contribution in [2.24, 2.45) is 0 Å². The van der Waals surface area contributed by atoms with Crippen LogP contribution in [0.15, 0.2) is 72.3 Å². The van der Waals surface area contributed by atoms with Gasteiger partial charge in [0.25, 0.3) is 17.7 Å². The molecule has 0 bridgehead atoms. The van der Waals surface area contributed by atoms with Crippen molar-refractivity contribution in [1.82, 2.24) is 5.32 Å². The van der Waals surface area contributed by atoms with Crippen LogP contribution >= 0.6 is 11.6 Å². The number of carbonyl (C=O) groups is 4. The minimum Gasteiger partial charge on any atom is -0.482 e. The Kier molecular flexibility index (Phi) is 7.17. The maximum atomic E-state index is 12.9. The summed E-state index contributed by atoms with van der Waals surface area (Å²) in [5.41, 5.74) is 3.27. The van der Waals surface area contributed by atoms with Crippen molar-refractivity contribution in [3.63, 3.8) is 0 Å². The lowest BCUT2D eigenvalue weighted by molar-refractivity contribution is -0.122. The molecule has 1 aliphatic rings. The largest absolute Gasteiger partial charge is 0.482 e. The summed E-state index contributed by atoms with van der Waals surface area (Å²) in [6, 6.07) is 17.7. The van der Waals surface area contributed by atoms with Gasteiger partial charge in [-0.3, -0.25) is 19.7 Å². The third-order valence-corrected chi connectivity index (χ3v) is 5.92. The molecule has 1 heterocycles. The minimum atomic E-state index is -0.825. The first kappa shape index (κ1) is 24.7. The molecular formula is C27H22ClN3O5. The third-order valence-electron chi connectivity index (χ3n) is 5.62. The number of para-hydroxylation sites is 1. The van der Waals surface area contributed by atoms with Gasteiger partial charge in [0, 0.05) is 5.69 Å². The first-order chi connectivity index (χ1) is 17.2. The van der Waals surface area contributed by atoms with E-state index in [0.29, 0.717) is 16.9 Å². The van der Waals surface area contributed by atoms with Crippen LogP contribution in [0.1, 0.15) is 16.7 Å². The van der Waals surface area contributed by atoms with Gasteiger partial charge in [0.05, 0.1) is 10.7 Å².